The second-order valence-electron chi connectivity index (χ2n) is 7.13. The van der Waals surface area contributed by atoms with Gasteiger partial charge in [0.25, 0.3) is 5.91 Å². The summed E-state index contributed by atoms with van der Waals surface area (Å²) < 4.78 is 5.31. The van der Waals surface area contributed by atoms with Gasteiger partial charge in [-0.15, -0.1) is 0 Å². The predicted molar refractivity (Wildman–Crippen MR) is 108 cm³/mol. The van der Waals surface area contributed by atoms with E-state index in [9.17, 15) is 4.79 Å². The number of nitrogens with one attached hydrogen (secondary N) is 3. The van der Waals surface area contributed by atoms with E-state index in [1.54, 1.807) is 30.2 Å². The lowest BCUT2D eigenvalue weighted by molar-refractivity contribution is -1.02. The van der Waals surface area contributed by atoms with E-state index < -0.39 is 0 Å². The Morgan fingerprint density at radius 1 is 1.15 bits per heavy atom. The van der Waals surface area contributed by atoms with Gasteiger partial charge in [0.05, 0.1) is 12.8 Å². The number of quaternary nitrogens is 2. The summed E-state index contributed by atoms with van der Waals surface area (Å²) in [5, 5.41) is 3.55. The molecule has 0 saturated carbocycles. The van der Waals surface area contributed by atoms with Gasteiger partial charge in [-0.3, -0.25) is 4.79 Å². The normalized spacial score (nSPS) is 20.7. The topological polar surface area (TPSA) is 47.2 Å². The van der Waals surface area contributed by atoms with E-state index in [1.165, 1.54) is 10.5 Å². The molecule has 1 aliphatic heterocycles. The van der Waals surface area contributed by atoms with E-state index in [-0.39, 0.29) is 11.9 Å². The molecule has 0 unspecified atom stereocenters. The van der Waals surface area contributed by atoms with Crippen molar-refractivity contribution in [1.82, 2.24) is 0 Å². The first kappa shape index (κ1) is 19.7. The van der Waals surface area contributed by atoms with E-state index in [2.05, 4.69) is 35.6 Å². The van der Waals surface area contributed by atoms with Gasteiger partial charge in [-0.25, -0.2) is 0 Å². The fourth-order valence-electron chi connectivity index (χ4n) is 3.62. The minimum absolute atomic E-state index is 0.00271. The largest absolute Gasteiger partial charge is 0.495 e. The quantitative estimate of drug-likeness (QED) is 0.679. The van der Waals surface area contributed by atoms with Gasteiger partial charge in [-0.05, 0) is 25.1 Å². The molecular weight excluding hydrogens is 362 g/mol. The first-order valence-corrected chi connectivity index (χ1v) is 9.81. The molecule has 1 atom stereocenters. The van der Waals surface area contributed by atoms with Crippen LogP contribution in [0.5, 0.6) is 5.75 Å². The highest BCUT2D eigenvalue weighted by Gasteiger charge is 2.31. The highest BCUT2D eigenvalue weighted by atomic mass is 35.5. The molecule has 5 nitrogen and oxygen atoms in total. The van der Waals surface area contributed by atoms with E-state index in [0.717, 1.165) is 32.7 Å². The van der Waals surface area contributed by atoms with Crippen LogP contribution in [0, 0.1) is 0 Å². The summed E-state index contributed by atoms with van der Waals surface area (Å²) in [6.07, 6.45) is 0. The number of methoxy groups -OCH3 is 1. The van der Waals surface area contributed by atoms with Crippen LogP contribution in [0.1, 0.15) is 12.5 Å². The molecule has 0 aromatic heterocycles. The fraction of sp³-hybridized carbons (Fsp3) is 0.381. The number of amides is 1. The van der Waals surface area contributed by atoms with Crippen LogP contribution in [-0.2, 0) is 11.3 Å². The molecule has 0 bridgehead atoms. The number of rotatable bonds is 6. The Labute approximate surface area is 165 Å². The Balaban J connectivity index is 1.53. The minimum atomic E-state index is -0.119. The molecule has 3 N–H and O–H groups in total. The molecule has 1 aliphatic rings. The van der Waals surface area contributed by atoms with Gasteiger partial charge in [0.1, 0.15) is 38.5 Å². The van der Waals surface area contributed by atoms with E-state index in [0.29, 0.717) is 16.5 Å². The van der Waals surface area contributed by atoms with Gasteiger partial charge in [0, 0.05) is 10.6 Å². The Hall–Kier alpha value is -2.08. The van der Waals surface area contributed by atoms with E-state index in [1.807, 2.05) is 6.92 Å². The summed E-state index contributed by atoms with van der Waals surface area (Å²) in [5.41, 5.74) is 1.99. The molecule has 0 radical (unpaired) electrons. The molecule has 2 aromatic rings. The number of anilines is 1. The van der Waals surface area contributed by atoms with Gasteiger partial charge in [-0.1, -0.05) is 41.9 Å². The summed E-state index contributed by atoms with van der Waals surface area (Å²) in [5.74, 6) is 0.615. The van der Waals surface area contributed by atoms with Crippen LogP contribution in [0.2, 0.25) is 5.02 Å². The molecule has 0 aliphatic carbocycles. The van der Waals surface area contributed by atoms with Crippen molar-refractivity contribution in [2.75, 3.05) is 38.6 Å². The summed E-state index contributed by atoms with van der Waals surface area (Å²) >= 11 is 6.05. The SMILES string of the molecule is COc1ccc(Cl)cc1NC(=O)[C@@H](C)[NH+]1CC[NH+](Cc2ccccc2)CC1. The Bertz CT molecular complexity index is 761. The standard InChI is InChI=1S/C21H26ClN3O2/c1-16(21(26)23-19-14-18(22)8-9-20(19)27-2)25-12-10-24(11-13-25)15-17-6-4-3-5-7-17/h3-9,14,16H,10-13,15H2,1-2H3,(H,23,26)/p+2/t16-/m1/s1. The third-order valence-corrected chi connectivity index (χ3v) is 5.56. The third kappa shape index (κ3) is 5.22. The van der Waals surface area contributed by atoms with Crippen molar-refractivity contribution in [2.24, 2.45) is 0 Å². The van der Waals surface area contributed by atoms with E-state index in [4.69, 9.17) is 16.3 Å². The smallest absolute Gasteiger partial charge is 0.282 e. The molecule has 6 heteroatoms. The predicted octanol–water partition coefficient (Wildman–Crippen LogP) is 0.659. The van der Waals surface area contributed by atoms with Crippen LogP contribution in [-0.4, -0.2) is 45.2 Å². The van der Waals surface area contributed by atoms with Crippen LogP contribution in [0.15, 0.2) is 48.5 Å². The van der Waals surface area contributed by atoms with Crippen LogP contribution >= 0.6 is 11.6 Å². The Morgan fingerprint density at radius 3 is 2.52 bits per heavy atom. The first-order chi connectivity index (χ1) is 13.1. The highest BCUT2D eigenvalue weighted by Crippen LogP contribution is 2.27. The molecular formula is C21H28ClN3O2+2. The molecule has 3 rings (SSSR count). The molecule has 1 amide bonds. The number of piperazine rings is 1. The monoisotopic (exact) mass is 389 g/mol. The number of carbonyl (C=O) groups is 1. The van der Waals surface area contributed by atoms with Crippen LogP contribution in [0.3, 0.4) is 0 Å². The summed E-state index contributed by atoms with van der Waals surface area (Å²) in [6, 6.07) is 15.7. The van der Waals surface area contributed by atoms with Crippen LogP contribution < -0.4 is 19.9 Å². The molecule has 0 spiro atoms. The van der Waals surface area contributed by atoms with Crippen molar-refractivity contribution in [1.29, 1.82) is 0 Å². The number of ether oxygens (including phenoxy) is 1. The highest BCUT2D eigenvalue weighted by molar-refractivity contribution is 6.31. The lowest BCUT2D eigenvalue weighted by atomic mass is 10.1. The first-order valence-electron chi connectivity index (χ1n) is 9.43. The van der Waals surface area contributed by atoms with Crippen molar-refractivity contribution in [2.45, 2.75) is 19.5 Å². The van der Waals surface area contributed by atoms with Crippen molar-refractivity contribution in [3.63, 3.8) is 0 Å². The van der Waals surface area contributed by atoms with Gasteiger partial charge < -0.3 is 19.9 Å². The van der Waals surface area contributed by atoms with Crippen molar-refractivity contribution < 1.29 is 19.3 Å². The second-order valence-corrected chi connectivity index (χ2v) is 7.56. The van der Waals surface area contributed by atoms with Gasteiger partial charge >= 0.3 is 0 Å². The fourth-order valence-corrected chi connectivity index (χ4v) is 3.80. The average Bonchev–Trinajstić information content (AvgIpc) is 2.69. The van der Waals surface area contributed by atoms with Gasteiger partial charge in [0.2, 0.25) is 0 Å². The maximum atomic E-state index is 12.7. The summed E-state index contributed by atoms with van der Waals surface area (Å²) in [6.45, 7) is 7.16. The Kier molecular flexibility index (Phi) is 6.72. The maximum absolute atomic E-state index is 12.7. The lowest BCUT2D eigenvalue weighted by Crippen LogP contribution is -3.29. The minimum Gasteiger partial charge on any atom is -0.495 e. The van der Waals surface area contributed by atoms with Crippen molar-refractivity contribution >= 4 is 23.2 Å². The van der Waals surface area contributed by atoms with Gasteiger partial charge in [0.15, 0.2) is 6.04 Å². The Morgan fingerprint density at radius 2 is 1.85 bits per heavy atom. The number of hydrogen-bond donors (Lipinski definition) is 3. The molecule has 2 aromatic carbocycles. The molecule has 144 valence electrons. The molecule has 1 saturated heterocycles. The zero-order valence-electron chi connectivity index (χ0n) is 15.9. The van der Waals surface area contributed by atoms with Crippen LogP contribution in [0.25, 0.3) is 0 Å². The zero-order valence-corrected chi connectivity index (χ0v) is 16.7. The second kappa shape index (κ2) is 9.22. The third-order valence-electron chi connectivity index (χ3n) is 5.32. The lowest BCUT2D eigenvalue weighted by Gasteiger charge is -2.32. The molecule has 1 heterocycles. The zero-order chi connectivity index (χ0) is 19.2. The van der Waals surface area contributed by atoms with Gasteiger partial charge in [-0.2, -0.15) is 0 Å². The van der Waals surface area contributed by atoms with Crippen molar-refractivity contribution in [3.05, 3.63) is 59.1 Å². The number of hydrogen-bond acceptors (Lipinski definition) is 2. The number of carbonyl (C=O) groups excluding carboxylic acids is 1. The summed E-state index contributed by atoms with van der Waals surface area (Å²) in [7, 11) is 1.59. The number of halogens is 1. The summed E-state index contributed by atoms with van der Waals surface area (Å²) in [4.78, 5) is 15.6. The van der Waals surface area contributed by atoms with Crippen LogP contribution in [0.4, 0.5) is 5.69 Å². The average molecular weight is 390 g/mol. The van der Waals surface area contributed by atoms with E-state index >= 15 is 0 Å². The van der Waals surface area contributed by atoms with Crippen molar-refractivity contribution in [3.8, 4) is 5.75 Å². The number of benzene rings is 2. The molecule has 1 fully saturated rings. The maximum Gasteiger partial charge on any atom is 0.282 e. The molecule has 27 heavy (non-hydrogen) atoms.